The van der Waals surface area contributed by atoms with Gasteiger partial charge in [-0.1, -0.05) is 36.0 Å². The number of thioether (sulfide) groups is 2. The summed E-state index contributed by atoms with van der Waals surface area (Å²) < 4.78 is 1.65. The number of hydrogen-bond donors (Lipinski definition) is 1. The summed E-state index contributed by atoms with van der Waals surface area (Å²) in [5, 5.41) is 15.4. The maximum absolute atomic E-state index is 12.4. The molecule has 28 heavy (non-hydrogen) atoms. The Morgan fingerprint density at radius 1 is 1.18 bits per heavy atom. The summed E-state index contributed by atoms with van der Waals surface area (Å²) in [5.41, 5.74) is 4.05. The second-order valence-corrected chi connectivity index (χ2v) is 8.08. The van der Waals surface area contributed by atoms with Crippen LogP contribution in [0.15, 0.2) is 65.2 Å². The molecule has 8 heteroatoms. The molecule has 0 aliphatic carbocycles. The maximum atomic E-state index is 12.4. The quantitative estimate of drug-likeness (QED) is 0.440. The Kier molecular flexibility index (Phi) is 6.89. The first-order valence-corrected chi connectivity index (χ1v) is 10.7. The van der Waals surface area contributed by atoms with Gasteiger partial charge in [0.25, 0.3) is 0 Å². The van der Waals surface area contributed by atoms with Crippen LogP contribution in [-0.4, -0.2) is 37.6 Å². The molecule has 1 amide bonds. The molecule has 6 nitrogen and oxygen atoms in total. The number of nitrogens with one attached hydrogen (secondary N) is 1. The number of hydrogen-bond acceptors (Lipinski definition) is 6. The number of benzene rings is 2. The maximum Gasteiger partial charge on any atom is 0.234 e. The Morgan fingerprint density at radius 2 is 2.00 bits per heavy atom. The fraction of sp³-hybridized carbons (Fsp3) is 0.200. The Bertz CT molecular complexity index is 986. The van der Waals surface area contributed by atoms with Crippen LogP contribution in [0.5, 0.6) is 0 Å². The topological polar surface area (TPSA) is 72.7 Å². The molecule has 0 unspecified atom stereocenters. The summed E-state index contributed by atoms with van der Waals surface area (Å²) in [5.74, 6) is 0.893. The number of nitrogens with zero attached hydrogens (tertiary/aromatic N) is 4. The average Bonchev–Trinajstić information content (AvgIpc) is 3.16. The number of amides is 1. The van der Waals surface area contributed by atoms with Crippen molar-refractivity contribution >= 4 is 35.1 Å². The van der Waals surface area contributed by atoms with E-state index in [9.17, 15) is 4.79 Å². The average molecular weight is 412 g/mol. The summed E-state index contributed by atoms with van der Waals surface area (Å²) in [6, 6.07) is 13.8. The first-order chi connectivity index (χ1) is 13.6. The minimum Gasteiger partial charge on any atom is -0.324 e. The van der Waals surface area contributed by atoms with E-state index in [-0.39, 0.29) is 11.7 Å². The normalized spacial score (nSPS) is 10.6. The molecular weight excluding hydrogens is 390 g/mol. The lowest BCUT2D eigenvalue weighted by molar-refractivity contribution is -0.113. The highest BCUT2D eigenvalue weighted by atomic mass is 32.2. The molecular formula is C20H21N5OS2. The highest BCUT2D eigenvalue weighted by Crippen LogP contribution is 2.27. The first kappa shape index (κ1) is 20.2. The van der Waals surface area contributed by atoms with Crippen molar-refractivity contribution in [3.05, 3.63) is 66.2 Å². The molecule has 0 radical (unpaired) electrons. The van der Waals surface area contributed by atoms with E-state index in [4.69, 9.17) is 0 Å². The monoisotopic (exact) mass is 411 g/mol. The van der Waals surface area contributed by atoms with Gasteiger partial charge in [-0.15, -0.1) is 23.4 Å². The lowest BCUT2D eigenvalue weighted by Gasteiger charge is -2.10. The highest BCUT2D eigenvalue weighted by Gasteiger charge is 2.13. The van der Waals surface area contributed by atoms with Gasteiger partial charge in [0.1, 0.15) is 0 Å². The zero-order valence-corrected chi connectivity index (χ0v) is 17.4. The van der Waals surface area contributed by atoms with Crippen molar-refractivity contribution in [1.82, 2.24) is 20.2 Å². The van der Waals surface area contributed by atoms with Gasteiger partial charge in [0.2, 0.25) is 11.1 Å². The fourth-order valence-corrected chi connectivity index (χ4v) is 3.89. The van der Waals surface area contributed by atoms with Crippen LogP contribution in [0.25, 0.3) is 5.69 Å². The zero-order valence-electron chi connectivity index (χ0n) is 15.8. The highest BCUT2D eigenvalue weighted by molar-refractivity contribution is 8.00. The Labute approximate surface area is 172 Å². The molecule has 2 aromatic carbocycles. The smallest absolute Gasteiger partial charge is 0.234 e. The van der Waals surface area contributed by atoms with E-state index in [1.54, 1.807) is 16.4 Å². The lowest BCUT2D eigenvalue weighted by Crippen LogP contribution is -2.15. The van der Waals surface area contributed by atoms with E-state index in [1.165, 1.54) is 17.3 Å². The minimum atomic E-state index is -0.105. The standard InChI is InChI=1S/C20H21N5OS2/c1-4-11-27-18-8-6-5-7-17(18)21-19(26)13-28-20-22-23-24-25(20)16-10-9-14(2)15(3)12-16/h4-10,12H,1,11,13H2,2-3H3,(H,21,26). The van der Waals surface area contributed by atoms with E-state index < -0.39 is 0 Å². The Morgan fingerprint density at radius 3 is 2.79 bits per heavy atom. The largest absolute Gasteiger partial charge is 0.324 e. The molecule has 0 aliphatic heterocycles. The van der Waals surface area contributed by atoms with Crippen molar-refractivity contribution in [2.45, 2.75) is 23.9 Å². The van der Waals surface area contributed by atoms with Gasteiger partial charge >= 0.3 is 0 Å². The molecule has 0 fully saturated rings. The van der Waals surface area contributed by atoms with Gasteiger partial charge in [-0.3, -0.25) is 4.79 Å². The molecule has 0 aliphatic rings. The van der Waals surface area contributed by atoms with Gasteiger partial charge in [-0.05, 0) is 59.7 Å². The first-order valence-electron chi connectivity index (χ1n) is 8.70. The van der Waals surface area contributed by atoms with Crippen molar-refractivity contribution in [3.63, 3.8) is 0 Å². The molecule has 0 saturated carbocycles. The van der Waals surface area contributed by atoms with E-state index in [0.717, 1.165) is 27.6 Å². The van der Waals surface area contributed by atoms with E-state index in [1.807, 2.05) is 55.5 Å². The van der Waals surface area contributed by atoms with Gasteiger partial charge < -0.3 is 5.32 Å². The molecule has 144 valence electrons. The third-order valence-electron chi connectivity index (χ3n) is 4.03. The summed E-state index contributed by atoms with van der Waals surface area (Å²) in [6.07, 6.45) is 1.84. The summed E-state index contributed by atoms with van der Waals surface area (Å²) in [6.45, 7) is 7.84. The number of aryl methyl sites for hydroxylation is 2. The van der Waals surface area contributed by atoms with Gasteiger partial charge in [0, 0.05) is 10.6 Å². The van der Waals surface area contributed by atoms with Crippen molar-refractivity contribution in [3.8, 4) is 5.69 Å². The molecule has 0 bridgehead atoms. The summed E-state index contributed by atoms with van der Waals surface area (Å²) >= 11 is 2.93. The van der Waals surface area contributed by atoms with E-state index in [2.05, 4.69) is 34.3 Å². The van der Waals surface area contributed by atoms with Crippen LogP contribution in [0.4, 0.5) is 5.69 Å². The number of aromatic nitrogens is 4. The van der Waals surface area contributed by atoms with Crippen LogP contribution in [0, 0.1) is 13.8 Å². The van der Waals surface area contributed by atoms with E-state index >= 15 is 0 Å². The second kappa shape index (κ2) is 9.57. The van der Waals surface area contributed by atoms with E-state index in [0.29, 0.717) is 5.16 Å². The van der Waals surface area contributed by atoms with Gasteiger partial charge in [0.15, 0.2) is 0 Å². The number of anilines is 1. The van der Waals surface area contributed by atoms with Crippen molar-refractivity contribution in [2.24, 2.45) is 0 Å². The summed E-state index contributed by atoms with van der Waals surface area (Å²) in [7, 11) is 0. The van der Waals surface area contributed by atoms with Crippen molar-refractivity contribution in [2.75, 3.05) is 16.8 Å². The van der Waals surface area contributed by atoms with Crippen molar-refractivity contribution in [1.29, 1.82) is 0 Å². The molecule has 1 N–H and O–H groups in total. The van der Waals surface area contributed by atoms with Crippen LogP contribution in [0.1, 0.15) is 11.1 Å². The number of carbonyl (C=O) groups excluding carboxylic acids is 1. The molecule has 0 saturated heterocycles. The molecule has 3 rings (SSSR count). The predicted octanol–water partition coefficient (Wildman–Crippen LogP) is 4.29. The van der Waals surface area contributed by atoms with Crippen LogP contribution in [-0.2, 0) is 4.79 Å². The zero-order chi connectivity index (χ0) is 19.9. The van der Waals surface area contributed by atoms with Crippen LogP contribution in [0.2, 0.25) is 0 Å². The number of tetrazole rings is 1. The molecule has 0 spiro atoms. The third kappa shape index (κ3) is 5.02. The van der Waals surface area contributed by atoms with Gasteiger partial charge in [-0.2, -0.15) is 4.68 Å². The number of para-hydroxylation sites is 1. The van der Waals surface area contributed by atoms with Gasteiger partial charge in [0.05, 0.1) is 17.1 Å². The van der Waals surface area contributed by atoms with Crippen LogP contribution >= 0.6 is 23.5 Å². The Hall–Kier alpha value is -2.58. The molecule has 0 atom stereocenters. The SMILES string of the molecule is C=CCSc1ccccc1NC(=O)CSc1nnnn1-c1ccc(C)c(C)c1. The molecule has 1 aromatic heterocycles. The third-order valence-corrected chi connectivity index (χ3v) is 6.01. The second-order valence-electron chi connectivity index (χ2n) is 6.07. The Balaban J connectivity index is 1.66. The fourth-order valence-electron chi connectivity index (χ4n) is 2.45. The minimum absolute atomic E-state index is 0.105. The number of carbonyl (C=O) groups is 1. The van der Waals surface area contributed by atoms with Gasteiger partial charge in [-0.25, -0.2) is 0 Å². The van der Waals surface area contributed by atoms with Crippen LogP contribution in [0.3, 0.4) is 0 Å². The summed E-state index contributed by atoms with van der Waals surface area (Å²) in [4.78, 5) is 13.5. The molecule has 3 aromatic rings. The molecule has 1 heterocycles. The van der Waals surface area contributed by atoms with Crippen LogP contribution < -0.4 is 5.32 Å². The predicted molar refractivity (Wildman–Crippen MR) is 115 cm³/mol. The number of rotatable bonds is 8. The lowest BCUT2D eigenvalue weighted by atomic mass is 10.1. The van der Waals surface area contributed by atoms with Crippen molar-refractivity contribution < 1.29 is 4.79 Å².